The van der Waals surface area contributed by atoms with Crippen LogP contribution < -0.4 is 10.1 Å². The van der Waals surface area contributed by atoms with Crippen molar-refractivity contribution in [3.05, 3.63) is 48.3 Å². The number of rotatable bonds is 11. The Labute approximate surface area is 184 Å². The molecular formula is C23H34N4O4. The molecule has 0 aliphatic carbocycles. The van der Waals surface area contributed by atoms with Gasteiger partial charge in [0.2, 0.25) is 5.91 Å². The number of ether oxygens (including phenoxy) is 2. The second kappa shape index (κ2) is 12.0. The summed E-state index contributed by atoms with van der Waals surface area (Å²) in [6, 6.07) is 10.6. The summed E-state index contributed by atoms with van der Waals surface area (Å²) in [7, 11) is 5.15. The van der Waals surface area contributed by atoms with Crippen LogP contribution in [0.15, 0.2) is 42.6 Å². The number of carbonyl (C=O) groups is 2. The molecule has 0 saturated carbocycles. The van der Waals surface area contributed by atoms with Crippen LogP contribution >= 0.6 is 0 Å². The van der Waals surface area contributed by atoms with Crippen molar-refractivity contribution in [2.45, 2.75) is 32.9 Å². The van der Waals surface area contributed by atoms with Crippen molar-refractivity contribution in [3.63, 3.8) is 0 Å². The molecule has 0 aliphatic heterocycles. The molecular weight excluding hydrogens is 396 g/mol. The lowest BCUT2D eigenvalue weighted by Gasteiger charge is -2.31. The Morgan fingerprint density at radius 2 is 1.87 bits per heavy atom. The van der Waals surface area contributed by atoms with Gasteiger partial charge in [-0.2, -0.15) is 0 Å². The zero-order valence-electron chi connectivity index (χ0n) is 19.1. The summed E-state index contributed by atoms with van der Waals surface area (Å²) in [5.41, 5.74) is 1.66. The van der Waals surface area contributed by atoms with E-state index in [2.05, 4.69) is 5.32 Å². The smallest absolute Gasteiger partial charge is 0.322 e. The molecule has 8 nitrogen and oxygen atoms in total. The fourth-order valence-corrected chi connectivity index (χ4v) is 3.11. The molecule has 1 N–H and O–H groups in total. The van der Waals surface area contributed by atoms with E-state index in [1.165, 1.54) is 0 Å². The lowest BCUT2D eigenvalue weighted by molar-refractivity contribution is -0.133. The number of amides is 3. The van der Waals surface area contributed by atoms with E-state index in [4.69, 9.17) is 9.47 Å². The first-order valence-corrected chi connectivity index (χ1v) is 10.5. The van der Waals surface area contributed by atoms with Gasteiger partial charge in [-0.25, -0.2) is 4.79 Å². The molecule has 170 valence electrons. The molecule has 2 rings (SSSR count). The largest absolute Gasteiger partial charge is 0.497 e. The lowest BCUT2D eigenvalue weighted by atomic mass is 10.2. The van der Waals surface area contributed by atoms with Gasteiger partial charge in [0.1, 0.15) is 12.3 Å². The number of aryl methyl sites for hydroxylation is 1. The van der Waals surface area contributed by atoms with E-state index in [0.29, 0.717) is 31.1 Å². The third kappa shape index (κ3) is 7.03. The zero-order valence-corrected chi connectivity index (χ0v) is 19.1. The number of hydrogen-bond donors (Lipinski definition) is 1. The van der Waals surface area contributed by atoms with Crippen molar-refractivity contribution >= 4 is 17.6 Å². The Kier molecular flexibility index (Phi) is 9.40. The highest BCUT2D eigenvalue weighted by Crippen LogP contribution is 2.17. The number of carbonyl (C=O) groups excluding carboxylic acids is 2. The van der Waals surface area contributed by atoms with Gasteiger partial charge in [0.15, 0.2) is 0 Å². The third-order valence-electron chi connectivity index (χ3n) is 5.35. The van der Waals surface area contributed by atoms with Crippen LogP contribution in [0.25, 0.3) is 0 Å². The highest BCUT2D eigenvalue weighted by molar-refractivity contribution is 5.92. The summed E-state index contributed by atoms with van der Waals surface area (Å²) in [5, 5.41) is 2.88. The normalized spacial score (nSPS) is 11.6. The number of nitrogens with one attached hydrogen (secondary N) is 1. The SMILES string of the molecule is CCC(C)N(CC(=O)N(CCOC)Cc1cccn1C)C(=O)Nc1ccc(OC)cc1. The minimum Gasteiger partial charge on any atom is -0.497 e. The summed E-state index contributed by atoms with van der Waals surface area (Å²) >= 11 is 0. The molecule has 1 aromatic carbocycles. The number of nitrogens with zero attached hydrogens (tertiary/aromatic N) is 3. The summed E-state index contributed by atoms with van der Waals surface area (Å²) in [6.45, 7) is 5.27. The number of urea groups is 1. The Bertz CT molecular complexity index is 834. The quantitative estimate of drug-likeness (QED) is 0.593. The van der Waals surface area contributed by atoms with Crippen molar-refractivity contribution in [2.75, 3.05) is 39.2 Å². The molecule has 0 saturated heterocycles. The van der Waals surface area contributed by atoms with E-state index in [-0.39, 0.29) is 24.5 Å². The molecule has 1 unspecified atom stereocenters. The molecule has 1 heterocycles. The highest BCUT2D eigenvalue weighted by Gasteiger charge is 2.25. The Morgan fingerprint density at radius 3 is 2.42 bits per heavy atom. The predicted octanol–water partition coefficient (Wildman–Crippen LogP) is 3.34. The molecule has 1 atom stereocenters. The molecule has 1 aromatic heterocycles. The average Bonchev–Trinajstić information content (AvgIpc) is 3.18. The number of aromatic nitrogens is 1. The Balaban J connectivity index is 2.12. The fourth-order valence-electron chi connectivity index (χ4n) is 3.11. The monoisotopic (exact) mass is 430 g/mol. The van der Waals surface area contributed by atoms with Crippen molar-refractivity contribution in [1.29, 1.82) is 0 Å². The van der Waals surface area contributed by atoms with Gasteiger partial charge in [-0.15, -0.1) is 0 Å². The number of methoxy groups -OCH3 is 2. The molecule has 2 aromatic rings. The molecule has 3 amide bonds. The van der Waals surface area contributed by atoms with Gasteiger partial charge in [-0.1, -0.05) is 6.92 Å². The maximum absolute atomic E-state index is 13.2. The molecule has 0 fully saturated rings. The lowest BCUT2D eigenvalue weighted by Crippen LogP contribution is -2.48. The van der Waals surface area contributed by atoms with Gasteiger partial charge < -0.3 is 29.2 Å². The molecule has 0 bridgehead atoms. The van der Waals surface area contributed by atoms with Crippen LogP contribution in [0.4, 0.5) is 10.5 Å². The van der Waals surface area contributed by atoms with E-state index < -0.39 is 0 Å². The van der Waals surface area contributed by atoms with Gasteiger partial charge in [-0.3, -0.25) is 4.79 Å². The number of hydrogen-bond acceptors (Lipinski definition) is 4. The van der Waals surface area contributed by atoms with Gasteiger partial charge >= 0.3 is 6.03 Å². The van der Waals surface area contributed by atoms with Crippen LogP contribution in [0.3, 0.4) is 0 Å². The van der Waals surface area contributed by atoms with Gasteiger partial charge in [0, 0.05) is 44.3 Å². The molecule has 31 heavy (non-hydrogen) atoms. The van der Waals surface area contributed by atoms with Crippen molar-refractivity contribution < 1.29 is 19.1 Å². The predicted molar refractivity (Wildman–Crippen MR) is 121 cm³/mol. The minimum atomic E-state index is -0.307. The third-order valence-corrected chi connectivity index (χ3v) is 5.35. The Morgan fingerprint density at radius 1 is 1.16 bits per heavy atom. The zero-order chi connectivity index (χ0) is 22.8. The van der Waals surface area contributed by atoms with E-state index in [1.807, 2.05) is 43.8 Å². The van der Waals surface area contributed by atoms with E-state index in [1.54, 1.807) is 48.3 Å². The highest BCUT2D eigenvalue weighted by atomic mass is 16.5. The second-order valence-electron chi connectivity index (χ2n) is 7.46. The van der Waals surface area contributed by atoms with Crippen LogP contribution in [0.5, 0.6) is 5.75 Å². The maximum Gasteiger partial charge on any atom is 0.322 e. The molecule has 8 heteroatoms. The fraction of sp³-hybridized carbons (Fsp3) is 0.478. The summed E-state index contributed by atoms with van der Waals surface area (Å²) in [4.78, 5) is 29.5. The van der Waals surface area contributed by atoms with Crippen LogP contribution in [0, 0.1) is 0 Å². The molecule has 0 spiro atoms. The maximum atomic E-state index is 13.2. The summed E-state index contributed by atoms with van der Waals surface area (Å²) in [5.74, 6) is 0.588. The second-order valence-corrected chi connectivity index (χ2v) is 7.46. The summed E-state index contributed by atoms with van der Waals surface area (Å²) < 4.78 is 12.3. The molecule has 0 aliphatic rings. The van der Waals surface area contributed by atoms with E-state index >= 15 is 0 Å². The van der Waals surface area contributed by atoms with Crippen molar-refractivity contribution in [2.24, 2.45) is 7.05 Å². The first-order chi connectivity index (χ1) is 14.9. The van der Waals surface area contributed by atoms with Crippen molar-refractivity contribution in [1.82, 2.24) is 14.4 Å². The van der Waals surface area contributed by atoms with Crippen LogP contribution in [0.1, 0.15) is 26.0 Å². The average molecular weight is 431 g/mol. The van der Waals surface area contributed by atoms with Crippen LogP contribution in [-0.2, 0) is 23.1 Å². The number of anilines is 1. The van der Waals surface area contributed by atoms with Crippen LogP contribution in [-0.4, -0.2) is 66.3 Å². The number of benzene rings is 1. The first-order valence-electron chi connectivity index (χ1n) is 10.5. The summed E-state index contributed by atoms with van der Waals surface area (Å²) in [6.07, 6.45) is 2.68. The minimum absolute atomic E-state index is 0.00880. The van der Waals surface area contributed by atoms with E-state index in [9.17, 15) is 9.59 Å². The van der Waals surface area contributed by atoms with Crippen molar-refractivity contribution in [3.8, 4) is 5.75 Å². The van der Waals surface area contributed by atoms with Crippen LogP contribution in [0.2, 0.25) is 0 Å². The topological polar surface area (TPSA) is 76.0 Å². The standard InChI is InChI=1S/C23H34N4O4/c1-6-18(2)27(23(29)24-19-9-11-21(31-5)12-10-19)17-22(28)26(14-15-30-4)16-20-8-7-13-25(20)3/h7-13,18H,6,14-17H2,1-5H3,(H,24,29). The Hall–Kier alpha value is -3.00. The van der Waals surface area contributed by atoms with Gasteiger partial charge in [0.05, 0.1) is 20.3 Å². The first kappa shape index (κ1) is 24.3. The van der Waals surface area contributed by atoms with E-state index in [0.717, 1.165) is 12.1 Å². The van der Waals surface area contributed by atoms with Gasteiger partial charge in [-0.05, 0) is 49.7 Å². The van der Waals surface area contributed by atoms with Gasteiger partial charge in [0.25, 0.3) is 0 Å². The molecule has 0 radical (unpaired) electrons.